The number of rotatable bonds is 3. The molecule has 1 fully saturated rings. The number of carbonyl (C=O) groups is 1. The predicted molar refractivity (Wildman–Crippen MR) is 84.4 cm³/mol. The van der Waals surface area contributed by atoms with Gasteiger partial charge in [0.25, 0.3) is 0 Å². The molecular weight excluding hydrogens is 284 g/mol. The Kier molecular flexibility index (Phi) is 4.45. The molecule has 1 aliphatic rings. The first-order chi connectivity index (χ1) is 10.3. The van der Waals surface area contributed by atoms with Crippen molar-refractivity contribution >= 4 is 22.5 Å². The van der Waals surface area contributed by atoms with Gasteiger partial charge in [0.05, 0.1) is 5.69 Å². The molecule has 0 radical (unpaired) electrons. The standard InChI is InChI=1S/C15H18N4OS/c20-14(17-12-6-2-1-3-7-12)19-15-18-13(10-21-15)11-5-4-8-16-9-11/h4-5,8-10,12H,1-3,6-7H2,(H2,17,18,19,20). The molecule has 0 atom stereocenters. The number of nitrogens with one attached hydrogen (secondary N) is 2. The molecule has 0 saturated heterocycles. The van der Waals surface area contributed by atoms with E-state index >= 15 is 0 Å². The van der Waals surface area contributed by atoms with E-state index in [0.29, 0.717) is 11.2 Å². The number of anilines is 1. The van der Waals surface area contributed by atoms with Gasteiger partial charge in [-0.15, -0.1) is 11.3 Å². The second kappa shape index (κ2) is 6.67. The summed E-state index contributed by atoms with van der Waals surface area (Å²) in [5.41, 5.74) is 1.79. The molecule has 1 saturated carbocycles. The maximum absolute atomic E-state index is 12.0. The van der Waals surface area contributed by atoms with E-state index in [1.165, 1.54) is 30.6 Å². The first-order valence-electron chi connectivity index (χ1n) is 7.25. The van der Waals surface area contributed by atoms with E-state index in [-0.39, 0.29) is 6.03 Å². The molecule has 2 amide bonds. The molecule has 6 heteroatoms. The van der Waals surface area contributed by atoms with Crippen molar-refractivity contribution in [3.8, 4) is 11.3 Å². The van der Waals surface area contributed by atoms with Crippen molar-refractivity contribution < 1.29 is 4.79 Å². The summed E-state index contributed by atoms with van der Waals surface area (Å²) < 4.78 is 0. The van der Waals surface area contributed by atoms with Crippen molar-refractivity contribution in [1.82, 2.24) is 15.3 Å². The zero-order valence-corrected chi connectivity index (χ0v) is 12.5. The fourth-order valence-corrected chi connectivity index (χ4v) is 3.26. The van der Waals surface area contributed by atoms with Crippen molar-refractivity contribution in [2.24, 2.45) is 0 Å². The summed E-state index contributed by atoms with van der Waals surface area (Å²) in [4.78, 5) is 20.5. The number of hydrogen-bond acceptors (Lipinski definition) is 4. The first-order valence-corrected chi connectivity index (χ1v) is 8.13. The SMILES string of the molecule is O=C(Nc1nc(-c2cccnc2)cs1)NC1CCCCC1. The number of aromatic nitrogens is 2. The number of nitrogens with zero attached hydrogens (tertiary/aromatic N) is 2. The van der Waals surface area contributed by atoms with Crippen LogP contribution in [0.15, 0.2) is 29.9 Å². The van der Waals surface area contributed by atoms with Crippen molar-refractivity contribution in [2.45, 2.75) is 38.1 Å². The minimum atomic E-state index is -0.158. The van der Waals surface area contributed by atoms with Gasteiger partial charge in [-0.25, -0.2) is 9.78 Å². The van der Waals surface area contributed by atoms with Crippen molar-refractivity contribution in [2.75, 3.05) is 5.32 Å². The minimum Gasteiger partial charge on any atom is -0.335 e. The maximum atomic E-state index is 12.0. The molecule has 0 unspecified atom stereocenters. The Balaban J connectivity index is 1.58. The molecule has 0 aromatic carbocycles. The topological polar surface area (TPSA) is 66.9 Å². The normalized spacial score (nSPS) is 15.6. The van der Waals surface area contributed by atoms with E-state index in [0.717, 1.165) is 24.1 Å². The number of hydrogen-bond donors (Lipinski definition) is 2. The van der Waals surface area contributed by atoms with Gasteiger partial charge in [0, 0.05) is 29.4 Å². The lowest BCUT2D eigenvalue weighted by molar-refractivity contribution is 0.244. The van der Waals surface area contributed by atoms with Crippen molar-refractivity contribution in [3.63, 3.8) is 0 Å². The van der Waals surface area contributed by atoms with E-state index in [1.54, 1.807) is 12.4 Å². The minimum absolute atomic E-state index is 0.158. The lowest BCUT2D eigenvalue weighted by Gasteiger charge is -2.22. The van der Waals surface area contributed by atoms with Gasteiger partial charge in [-0.1, -0.05) is 19.3 Å². The van der Waals surface area contributed by atoms with E-state index in [1.807, 2.05) is 17.5 Å². The van der Waals surface area contributed by atoms with Gasteiger partial charge < -0.3 is 5.32 Å². The van der Waals surface area contributed by atoms with E-state index in [4.69, 9.17) is 0 Å². The Labute approximate surface area is 127 Å². The van der Waals surface area contributed by atoms with Gasteiger partial charge in [0.1, 0.15) is 0 Å². The Hall–Kier alpha value is -1.95. The second-order valence-electron chi connectivity index (χ2n) is 5.21. The third kappa shape index (κ3) is 3.78. The second-order valence-corrected chi connectivity index (χ2v) is 6.07. The fraction of sp³-hybridized carbons (Fsp3) is 0.400. The van der Waals surface area contributed by atoms with Crippen LogP contribution in [0.3, 0.4) is 0 Å². The van der Waals surface area contributed by atoms with Crippen LogP contribution in [0.25, 0.3) is 11.3 Å². The molecule has 1 aliphatic carbocycles. The molecule has 2 aromatic heterocycles. The summed E-state index contributed by atoms with van der Waals surface area (Å²) in [6.45, 7) is 0. The third-order valence-corrected chi connectivity index (χ3v) is 4.38. The molecule has 2 N–H and O–H groups in total. The van der Waals surface area contributed by atoms with E-state index < -0.39 is 0 Å². The van der Waals surface area contributed by atoms with Crippen LogP contribution in [0.4, 0.5) is 9.93 Å². The summed E-state index contributed by atoms with van der Waals surface area (Å²) in [6, 6.07) is 3.97. The van der Waals surface area contributed by atoms with Gasteiger partial charge in [0.2, 0.25) is 0 Å². The van der Waals surface area contributed by atoms with Gasteiger partial charge in [0.15, 0.2) is 5.13 Å². The zero-order valence-electron chi connectivity index (χ0n) is 11.7. The molecular formula is C15H18N4OS. The smallest absolute Gasteiger partial charge is 0.321 e. The van der Waals surface area contributed by atoms with Crippen LogP contribution >= 0.6 is 11.3 Å². The van der Waals surface area contributed by atoms with Crippen LogP contribution in [0.1, 0.15) is 32.1 Å². The molecule has 21 heavy (non-hydrogen) atoms. The Morgan fingerprint density at radius 1 is 1.29 bits per heavy atom. The summed E-state index contributed by atoms with van der Waals surface area (Å²) >= 11 is 1.42. The lowest BCUT2D eigenvalue weighted by atomic mass is 9.96. The van der Waals surface area contributed by atoms with E-state index in [2.05, 4.69) is 20.6 Å². The molecule has 3 rings (SSSR count). The number of amides is 2. The van der Waals surface area contributed by atoms with Crippen LogP contribution in [-0.2, 0) is 0 Å². The van der Waals surface area contributed by atoms with Gasteiger partial charge in [-0.3, -0.25) is 10.3 Å². The number of carbonyl (C=O) groups excluding carboxylic acids is 1. The van der Waals surface area contributed by atoms with Crippen LogP contribution in [0, 0.1) is 0 Å². The third-order valence-electron chi connectivity index (χ3n) is 3.62. The molecule has 2 heterocycles. The highest BCUT2D eigenvalue weighted by Gasteiger charge is 2.16. The van der Waals surface area contributed by atoms with E-state index in [9.17, 15) is 4.79 Å². The zero-order chi connectivity index (χ0) is 14.5. The largest absolute Gasteiger partial charge is 0.335 e. The highest BCUT2D eigenvalue weighted by atomic mass is 32.1. The van der Waals surface area contributed by atoms with Crippen LogP contribution in [-0.4, -0.2) is 22.0 Å². The molecule has 2 aromatic rings. The van der Waals surface area contributed by atoms with Gasteiger partial charge >= 0.3 is 6.03 Å². The average molecular weight is 302 g/mol. The molecule has 5 nitrogen and oxygen atoms in total. The Bertz CT molecular complexity index is 593. The number of pyridine rings is 1. The highest BCUT2D eigenvalue weighted by molar-refractivity contribution is 7.14. The van der Waals surface area contributed by atoms with Crippen molar-refractivity contribution in [1.29, 1.82) is 0 Å². The number of thiazole rings is 1. The molecule has 110 valence electrons. The molecule has 0 spiro atoms. The van der Waals surface area contributed by atoms with Crippen LogP contribution in [0.5, 0.6) is 0 Å². The maximum Gasteiger partial charge on any atom is 0.321 e. The molecule has 0 bridgehead atoms. The molecule has 0 aliphatic heterocycles. The summed E-state index contributed by atoms with van der Waals surface area (Å²) in [5.74, 6) is 0. The Morgan fingerprint density at radius 3 is 2.90 bits per heavy atom. The van der Waals surface area contributed by atoms with Crippen LogP contribution in [0.2, 0.25) is 0 Å². The monoisotopic (exact) mass is 302 g/mol. The summed E-state index contributed by atoms with van der Waals surface area (Å²) in [5, 5.41) is 8.37. The van der Waals surface area contributed by atoms with Crippen LogP contribution < -0.4 is 10.6 Å². The summed E-state index contributed by atoms with van der Waals surface area (Å²) in [7, 11) is 0. The predicted octanol–water partition coefficient (Wildman–Crippen LogP) is 3.66. The number of urea groups is 1. The quantitative estimate of drug-likeness (QED) is 0.909. The summed E-state index contributed by atoms with van der Waals surface area (Å²) in [6.07, 6.45) is 9.33. The lowest BCUT2D eigenvalue weighted by Crippen LogP contribution is -2.38. The first kappa shape index (κ1) is 14.0. The fourth-order valence-electron chi connectivity index (χ4n) is 2.54. The Morgan fingerprint density at radius 2 is 2.14 bits per heavy atom. The average Bonchev–Trinajstić information content (AvgIpc) is 2.97. The van der Waals surface area contributed by atoms with Crippen molar-refractivity contribution in [3.05, 3.63) is 29.9 Å². The highest BCUT2D eigenvalue weighted by Crippen LogP contribution is 2.24. The van der Waals surface area contributed by atoms with Gasteiger partial charge in [-0.05, 0) is 25.0 Å². The van der Waals surface area contributed by atoms with Gasteiger partial charge in [-0.2, -0.15) is 0 Å².